The molecule has 0 fully saturated rings. The van der Waals surface area contributed by atoms with Crippen molar-refractivity contribution in [2.75, 3.05) is 31.6 Å². The van der Waals surface area contributed by atoms with Crippen LogP contribution in [-0.4, -0.2) is 57.8 Å². The standard InChI is InChI=1S/C18H21N5O7S/c1-3-30-6-4-5-21(10-16(24)20-18-19-12(2)11-31-18)17(25)13-7-14(22(26)27)9-15(8-13)23(28)29/h7-9,11H,3-6,10H2,1-2H3,(H,19,20,24). The predicted molar refractivity (Wildman–Crippen MR) is 112 cm³/mol. The van der Waals surface area contributed by atoms with Crippen LogP contribution in [0.4, 0.5) is 16.5 Å². The van der Waals surface area contributed by atoms with Gasteiger partial charge in [0, 0.05) is 37.3 Å². The third-order valence-electron chi connectivity index (χ3n) is 3.98. The lowest BCUT2D eigenvalue weighted by molar-refractivity contribution is -0.394. The van der Waals surface area contributed by atoms with Gasteiger partial charge >= 0.3 is 0 Å². The molecular formula is C18H21N5O7S. The minimum Gasteiger partial charge on any atom is -0.382 e. The number of carbonyl (C=O) groups is 2. The zero-order valence-corrected chi connectivity index (χ0v) is 17.7. The topological polar surface area (TPSA) is 158 Å². The van der Waals surface area contributed by atoms with Gasteiger partial charge in [0.05, 0.1) is 27.2 Å². The summed E-state index contributed by atoms with van der Waals surface area (Å²) in [5.74, 6) is -1.26. The summed E-state index contributed by atoms with van der Waals surface area (Å²) in [6.07, 6.45) is 0.403. The van der Waals surface area contributed by atoms with Gasteiger partial charge in [0.15, 0.2) is 5.13 Å². The molecule has 0 bridgehead atoms. The first-order chi connectivity index (χ1) is 14.7. The van der Waals surface area contributed by atoms with Crippen molar-refractivity contribution < 1.29 is 24.2 Å². The Kier molecular flexibility index (Phi) is 8.52. The number of nitrogens with one attached hydrogen (secondary N) is 1. The van der Waals surface area contributed by atoms with Crippen molar-refractivity contribution >= 4 is 39.7 Å². The molecule has 31 heavy (non-hydrogen) atoms. The van der Waals surface area contributed by atoms with Gasteiger partial charge in [-0.3, -0.25) is 29.8 Å². The number of non-ortho nitro benzene ring substituents is 2. The number of nitro benzene ring substituents is 2. The van der Waals surface area contributed by atoms with Gasteiger partial charge in [-0.2, -0.15) is 0 Å². The summed E-state index contributed by atoms with van der Waals surface area (Å²) in [6, 6.07) is 2.67. The summed E-state index contributed by atoms with van der Waals surface area (Å²) in [7, 11) is 0. The maximum atomic E-state index is 13.0. The molecule has 0 unspecified atom stereocenters. The number of hydrogen-bond donors (Lipinski definition) is 1. The molecule has 0 atom stereocenters. The third-order valence-corrected chi connectivity index (χ3v) is 4.85. The van der Waals surface area contributed by atoms with Crippen molar-refractivity contribution in [1.82, 2.24) is 9.88 Å². The number of nitrogens with zero attached hydrogens (tertiary/aromatic N) is 4. The summed E-state index contributed by atoms with van der Waals surface area (Å²) in [5, 5.41) is 26.9. The molecule has 0 saturated carbocycles. The van der Waals surface area contributed by atoms with Crippen LogP contribution in [0.5, 0.6) is 0 Å². The van der Waals surface area contributed by atoms with E-state index in [0.29, 0.717) is 24.8 Å². The second kappa shape index (κ2) is 11.1. The predicted octanol–water partition coefficient (Wildman–Crippen LogP) is 2.78. The lowest BCUT2D eigenvalue weighted by Crippen LogP contribution is -2.39. The molecule has 0 radical (unpaired) electrons. The molecule has 1 N–H and O–H groups in total. The Bertz CT molecular complexity index is 946. The van der Waals surface area contributed by atoms with Crippen LogP contribution in [0.1, 0.15) is 29.4 Å². The molecular weight excluding hydrogens is 430 g/mol. The van der Waals surface area contributed by atoms with E-state index in [2.05, 4.69) is 10.3 Å². The van der Waals surface area contributed by atoms with Crippen molar-refractivity contribution in [2.24, 2.45) is 0 Å². The number of aromatic nitrogens is 1. The first-order valence-corrected chi connectivity index (χ1v) is 10.1. The number of aryl methyl sites for hydroxylation is 1. The zero-order valence-electron chi connectivity index (χ0n) is 16.9. The lowest BCUT2D eigenvalue weighted by Gasteiger charge is -2.22. The van der Waals surface area contributed by atoms with Gasteiger partial charge in [-0.25, -0.2) is 4.98 Å². The van der Waals surface area contributed by atoms with Gasteiger partial charge in [0.1, 0.15) is 6.54 Å². The van der Waals surface area contributed by atoms with E-state index in [1.165, 1.54) is 11.3 Å². The zero-order chi connectivity index (χ0) is 23.0. The average molecular weight is 451 g/mol. The van der Waals surface area contributed by atoms with Gasteiger partial charge in [0.2, 0.25) is 5.91 Å². The van der Waals surface area contributed by atoms with Crippen molar-refractivity contribution in [2.45, 2.75) is 20.3 Å². The highest BCUT2D eigenvalue weighted by atomic mass is 32.1. The minimum absolute atomic E-state index is 0.111. The molecule has 0 aliphatic heterocycles. The first kappa shape index (κ1) is 23.8. The summed E-state index contributed by atoms with van der Waals surface area (Å²) in [6.45, 7) is 4.15. The first-order valence-electron chi connectivity index (χ1n) is 9.24. The molecule has 166 valence electrons. The van der Waals surface area contributed by atoms with Crippen LogP contribution in [-0.2, 0) is 9.53 Å². The van der Waals surface area contributed by atoms with Gasteiger partial charge in [-0.1, -0.05) is 0 Å². The number of anilines is 1. The number of amides is 2. The second-order valence-corrected chi connectivity index (χ2v) is 7.23. The molecule has 2 aromatic rings. The Morgan fingerprint density at radius 3 is 2.35 bits per heavy atom. The Hall–Kier alpha value is -3.45. The van der Waals surface area contributed by atoms with Crippen LogP contribution in [0.2, 0.25) is 0 Å². The van der Waals surface area contributed by atoms with E-state index < -0.39 is 33.0 Å². The Balaban J connectivity index is 2.25. The summed E-state index contributed by atoms with van der Waals surface area (Å²) in [5.41, 5.74) is -0.701. The fourth-order valence-corrected chi connectivity index (χ4v) is 3.31. The van der Waals surface area contributed by atoms with Crippen molar-refractivity contribution in [3.8, 4) is 0 Å². The molecule has 1 aromatic heterocycles. The highest BCUT2D eigenvalue weighted by molar-refractivity contribution is 7.13. The Labute approximate surface area is 181 Å². The van der Waals surface area contributed by atoms with E-state index >= 15 is 0 Å². The van der Waals surface area contributed by atoms with Gasteiger partial charge in [-0.05, 0) is 20.3 Å². The molecule has 0 saturated heterocycles. The second-order valence-electron chi connectivity index (χ2n) is 6.37. The number of hydrogen-bond acceptors (Lipinski definition) is 9. The maximum absolute atomic E-state index is 13.0. The minimum atomic E-state index is -0.819. The number of carbonyl (C=O) groups excluding carboxylic acids is 2. The number of ether oxygens (including phenoxy) is 1. The van der Waals surface area contributed by atoms with Crippen LogP contribution >= 0.6 is 11.3 Å². The van der Waals surface area contributed by atoms with E-state index in [0.717, 1.165) is 28.8 Å². The van der Waals surface area contributed by atoms with E-state index in [1.54, 1.807) is 12.3 Å². The third kappa shape index (κ3) is 7.08. The summed E-state index contributed by atoms with van der Waals surface area (Å²) in [4.78, 5) is 51.3. The summed E-state index contributed by atoms with van der Waals surface area (Å²) < 4.78 is 5.25. The quantitative estimate of drug-likeness (QED) is 0.310. The van der Waals surface area contributed by atoms with Crippen LogP contribution in [0.15, 0.2) is 23.6 Å². The van der Waals surface area contributed by atoms with E-state index in [9.17, 15) is 29.8 Å². The molecule has 13 heteroatoms. The number of rotatable bonds is 11. The van der Waals surface area contributed by atoms with E-state index in [4.69, 9.17) is 4.74 Å². The van der Waals surface area contributed by atoms with E-state index in [1.807, 2.05) is 6.92 Å². The number of benzene rings is 1. The van der Waals surface area contributed by atoms with Gasteiger partial charge in [-0.15, -0.1) is 11.3 Å². The fraction of sp³-hybridized carbons (Fsp3) is 0.389. The highest BCUT2D eigenvalue weighted by Gasteiger charge is 2.24. The molecule has 2 amide bonds. The van der Waals surface area contributed by atoms with Crippen LogP contribution in [0, 0.1) is 27.2 Å². The van der Waals surface area contributed by atoms with Crippen molar-refractivity contribution in [3.63, 3.8) is 0 Å². The molecule has 1 aromatic carbocycles. The monoisotopic (exact) mass is 451 g/mol. The van der Waals surface area contributed by atoms with Crippen molar-refractivity contribution in [1.29, 1.82) is 0 Å². The van der Waals surface area contributed by atoms with Crippen LogP contribution in [0.3, 0.4) is 0 Å². The lowest BCUT2D eigenvalue weighted by atomic mass is 10.1. The Morgan fingerprint density at radius 1 is 1.19 bits per heavy atom. The van der Waals surface area contributed by atoms with Crippen LogP contribution in [0.25, 0.3) is 0 Å². The van der Waals surface area contributed by atoms with Gasteiger partial charge < -0.3 is 15.0 Å². The summed E-state index contributed by atoms with van der Waals surface area (Å²) >= 11 is 1.23. The highest BCUT2D eigenvalue weighted by Crippen LogP contribution is 2.24. The molecule has 12 nitrogen and oxygen atoms in total. The largest absolute Gasteiger partial charge is 0.382 e. The number of thiazole rings is 1. The Morgan fingerprint density at radius 2 is 1.84 bits per heavy atom. The normalized spacial score (nSPS) is 10.5. The SMILES string of the molecule is CCOCCCN(CC(=O)Nc1nc(C)cs1)C(=O)c1cc([N+](=O)[O-])cc([N+](=O)[O-])c1. The van der Waals surface area contributed by atoms with Gasteiger partial charge in [0.25, 0.3) is 17.3 Å². The molecule has 2 rings (SSSR count). The molecule has 0 spiro atoms. The molecule has 0 aliphatic carbocycles. The molecule has 1 heterocycles. The average Bonchev–Trinajstić information content (AvgIpc) is 3.13. The van der Waals surface area contributed by atoms with Crippen molar-refractivity contribution in [3.05, 3.63) is 55.1 Å². The fourth-order valence-electron chi connectivity index (χ4n) is 2.61. The number of nitro groups is 2. The smallest absolute Gasteiger partial charge is 0.277 e. The maximum Gasteiger partial charge on any atom is 0.277 e. The molecule has 0 aliphatic rings. The van der Waals surface area contributed by atoms with E-state index in [-0.39, 0.29) is 18.7 Å². The van der Waals surface area contributed by atoms with Crippen LogP contribution < -0.4 is 5.32 Å².